The van der Waals surface area contributed by atoms with E-state index >= 15 is 0 Å². The summed E-state index contributed by atoms with van der Waals surface area (Å²) < 4.78 is 18.2. The minimum absolute atomic E-state index is 0.0730. The van der Waals surface area contributed by atoms with Gasteiger partial charge in [-0.2, -0.15) is 0 Å². The summed E-state index contributed by atoms with van der Waals surface area (Å²) in [5.41, 5.74) is 1.04. The van der Waals surface area contributed by atoms with E-state index in [1.54, 1.807) is 24.1 Å². The van der Waals surface area contributed by atoms with Crippen LogP contribution in [0.15, 0.2) is 24.3 Å². The molecule has 0 aromatic heterocycles. The Morgan fingerprint density at radius 1 is 1.40 bits per heavy atom. The normalized spacial score (nSPS) is 20.6. The highest BCUT2D eigenvalue weighted by atomic mass is 19.1. The molecule has 6 heteroatoms. The summed E-state index contributed by atoms with van der Waals surface area (Å²) in [6.45, 7) is 6.62. The van der Waals surface area contributed by atoms with Crippen LogP contribution >= 0.6 is 0 Å². The number of urea groups is 1. The van der Waals surface area contributed by atoms with Crippen LogP contribution in [0.4, 0.5) is 9.18 Å². The van der Waals surface area contributed by atoms with Crippen molar-refractivity contribution in [1.29, 1.82) is 0 Å². The molecule has 0 radical (unpaired) electrons. The number of carbonyl (C=O) groups excluding carboxylic acids is 1. The number of amides is 2. The van der Waals surface area contributed by atoms with Crippen LogP contribution in [0.1, 0.15) is 25.3 Å². The first-order valence-electron chi connectivity index (χ1n) is 8.86. The molecule has 1 N–H and O–H groups in total. The molecule has 1 aliphatic rings. The Morgan fingerprint density at radius 3 is 2.72 bits per heavy atom. The lowest BCUT2D eigenvalue weighted by Gasteiger charge is -2.28. The third-order valence-electron chi connectivity index (χ3n) is 4.77. The van der Waals surface area contributed by atoms with E-state index in [0.717, 1.165) is 31.5 Å². The zero-order chi connectivity index (χ0) is 18.3. The van der Waals surface area contributed by atoms with Gasteiger partial charge in [0, 0.05) is 39.9 Å². The van der Waals surface area contributed by atoms with Crippen molar-refractivity contribution in [3.63, 3.8) is 0 Å². The molecule has 0 unspecified atom stereocenters. The number of nitrogens with zero attached hydrogens (tertiary/aromatic N) is 2. The average Bonchev–Trinajstić information content (AvgIpc) is 2.93. The Kier molecular flexibility index (Phi) is 7.20. The van der Waals surface area contributed by atoms with E-state index < -0.39 is 0 Å². The van der Waals surface area contributed by atoms with Crippen LogP contribution in [0.25, 0.3) is 0 Å². The number of ether oxygens (including phenoxy) is 1. The standard InChI is InChI=1S/C19H30FN3O2/c1-19(9-11-22(2)15-19)14-21-18(24)23(10-4-12-25-3)13-16-5-7-17(20)8-6-16/h5-8H,4,9-15H2,1-3H3,(H,21,24)/t19-/m0/s1. The molecule has 0 spiro atoms. The van der Waals surface area contributed by atoms with E-state index in [1.807, 2.05) is 0 Å². The molecule has 140 valence electrons. The Hall–Kier alpha value is -1.66. The topological polar surface area (TPSA) is 44.8 Å². The lowest BCUT2D eigenvalue weighted by molar-refractivity contribution is 0.163. The van der Waals surface area contributed by atoms with Gasteiger partial charge < -0.3 is 19.9 Å². The molecular formula is C19H30FN3O2. The highest BCUT2D eigenvalue weighted by Crippen LogP contribution is 2.27. The Morgan fingerprint density at radius 2 is 2.12 bits per heavy atom. The smallest absolute Gasteiger partial charge is 0.317 e. The lowest BCUT2D eigenvalue weighted by atomic mass is 9.90. The van der Waals surface area contributed by atoms with Crippen molar-refractivity contribution >= 4 is 6.03 Å². The summed E-state index contributed by atoms with van der Waals surface area (Å²) in [5, 5.41) is 3.09. The quantitative estimate of drug-likeness (QED) is 0.733. The zero-order valence-corrected chi connectivity index (χ0v) is 15.6. The number of methoxy groups -OCH3 is 1. The lowest BCUT2D eigenvalue weighted by Crippen LogP contribution is -2.45. The van der Waals surface area contributed by atoms with Crippen molar-refractivity contribution in [3.05, 3.63) is 35.6 Å². The molecule has 2 amide bonds. The summed E-state index contributed by atoms with van der Waals surface area (Å²) in [7, 11) is 3.76. The fourth-order valence-corrected chi connectivity index (χ4v) is 3.28. The zero-order valence-electron chi connectivity index (χ0n) is 15.6. The third-order valence-corrected chi connectivity index (χ3v) is 4.77. The predicted octanol–water partition coefficient (Wildman–Crippen LogP) is 2.72. The molecule has 1 atom stereocenters. The SMILES string of the molecule is COCCCN(Cc1ccc(F)cc1)C(=O)NC[C@]1(C)CCN(C)C1. The largest absolute Gasteiger partial charge is 0.385 e. The number of benzene rings is 1. The molecule has 1 saturated heterocycles. The summed E-state index contributed by atoms with van der Waals surface area (Å²) in [6, 6.07) is 6.22. The van der Waals surface area contributed by atoms with Gasteiger partial charge in [0.1, 0.15) is 5.82 Å². The van der Waals surface area contributed by atoms with E-state index in [4.69, 9.17) is 4.74 Å². The average molecular weight is 351 g/mol. The first-order chi connectivity index (χ1) is 11.9. The van der Waals surface area contributed by atoms with Gasteiger partial charge in [-0.1, -0.05) is 19.1 Å². The first-order valence-corrected chi connectivity index (χ1v) is 8.86. The van der Waals surface area contributed by atoms with Crippen LogP contribution in [0, 0.1) is 11.2 Å². The van der Waals surface area contributed by atoms with Gasteiger partial charge in [0.05, 0.1) is 0 Å². The summed E-state index contributed by atoms with van der Waals surface area (Å²) in [5.74, 6) is -0.266. The van der Waals surface area contributed by atoms with Crippen LogP contribution in [0.2, 0.25) is 0 Å². The molecule has 1 aliphatic heterocycles. The van der Waals surface area contributed by atoms with Gasteiger partial charge in [0.25, 0.3) is 0 Å². The van der Waals surface area contributed by atoms with Crippen LogP contribution in [-0.2, 0) is 11.3 Å². The number of carbonyl (C=O) groups is 1. The van der Waals surface area contributed by atoms with Gasteiger partial charge in [-0.05, 0) is 49.5 Å². The van der Waals surface area contributed by atoms with Crippen molar-refractivity contribution in [2.24, 2.45) is 5.41 Å². The molecule has 2 rings (SSSR count). The maximum absolute atomic E-state index is 13.1. The molecule has 1 fully saturated rings. The van der Waals surface area contributed by atoms with E-state index in [0.29, 0.717) is 26.2 Å². The minimum atomic E-state index is -0.266. The number of nitrogens with one attached hydrogen (secondary N) is 1. The van der Waals surface area contributed by atoms with Gasteiger partial charge in [-0.25, -0.2) is 9.18 Å². The summed E-state index contributed by atoms with van der Waals surface area (Å²) in [6.07, 6.45) is 1.86. The number of rotatable bonds is 8. The maximum Gasteiger partial charge on any atom is 0.317 e. The van der Waals surface area contributed by atoms with E-state index in [-0.39, 0.29) is 17.3 Å². The molecule has 0 aliphatic carbocycles. The van der Waals surface area contributed by atoms with Gasteiger partial charge >= 0.3 is 6.03 Å². The second-order valence-corrected chi connectivity index (χ2v) is 7.35. The monoisotopic (exact) mass is 351 g/mol. The van der Waals surface area contributed by atoms with Crippen molar-refractivity contribution in [2.45, 2.75) is 26.3 Å². The second-order valence-electron chi connectivity index (χ2n) is 7.35. The molecule has 0 saturated carbocycles. The van der Waals surface area contributed by atoms with Crippen LogP contribution < -0.4 is 5.32 Å². The third kappa shape index (κ3) is 6.29. The van der Waals surface area contributed by atoms with Gasteiger partial charge in [0.2, 0.25) is 0 Å². The molecular weight excluding hydrogens is 321 g/mol. The summed E-state index contributed by atoms with van der Waals surface area (Å²) >= 11 is 0. The predicted molar refractivity (Wildman–Crippen MR) is 96.9 cm³/mol. The number of hydrogen-bond acceptors (Lipinski definition) is 3. The molecule has 5 nitrogen and oxygen atoms in total. The van der Waals surface area contributed by atoms with Crippen molar-refractivity contribution in [1.82, 2.24) is 15.1 Å². The van der Waals surface area contributed by atoms with Crippen molar-refractivity contribution < 1.29 is 13.9 Å². The Labute approximate surface area is 150 Å². The Balaban J connectivity index is 1.93. The highest BCUT2D eigenvalue weighted by molar-refractivity contribution is 5.74. The van der Waals surface area contributed by atoms with Gasteiger partial charge in [-0.3, -0.25) is 0 Å². The maximum atomic E-state index is 13.1. The second kappa shape index (κ2) is 9.15. The van der Waals surface area contributed by atoms with Crippen LogP contribution in [-0.4, -0.2) is 62.8 Å². The van der Waals surface area contributed by atoms with E-state index in [9.17, 15) is 9.18 Å². The van der Waals surface area contributed by atoms with E-state index in [2.05, 4.69) is 24.2 Å². The number of halogens is 1. The summed E-state index contributed by atoms with van der Waals surface area (Å²) in [4.78, 5) is 16.7. The van der Waals surface area contributed by atoms with Gasteiger partial charge in [-0.15, -0.1) is 0 Å². The molecule has 1 heterocycles. The fraction of sp³-hybridized carbons (Fsp3) is 0.632. The molecule has 1 aromatic rings. The van der Waals surface area contributed by atoms with E-state index in [1.165, 1.54) is 12.1 Å². The Bertz CT molecular complexity index is 552. The number of hydrogen-bond donors (Lipinski definition) is 1. The molecule has 25 heavy (non-hydrogen) atoms. The van der Waals surface area contributed by atoms with Gasteiger partial charge in [0.15, 0.2) is 0 Å². The fourth-order valence-electron chi connectivity index (χ4n) is 3.28. The first kappa shape index (κ1) is 19.7. The number of likely N-dealkylation sites (tertiary alicyclic amines) is 1. The van der Waals surface area contributed by atoms with Crippen LogP contribution in [0.3, 0.4) is 0 Å². The molecule has 1 aromatic carbocycles. The molecule has 0 bridgehead atoms. The minimum Gasteiger partial charge on any atom is -0.385 e. The van der Waals surface area contributed by atoms with Crippen LogP contribution in [0.5, 0.6) is 0 Å². The highest BCUT2D eigenvalue weighted by Gasteiger charge is 2.32. The van der Waals surface area contributed by atoms with Crippen molar-refractivity contribution in [3.8, 4) is 0 Å². The van der Waals surface area contributed by atoms with Crippen molar-refractivity contribution in [2.75, 3.05) is 46.9 Å².